The second-order valence-electron chi connectivity index (χ2n) is 3.83. The summed E-state index contributed by atoms with van der Waals surface area (Å²) < 4.78 is 5.20. The molecule has 0 aliphatic heterocycles. The van der Waals surface area contributed by atoms with Crippen molar-refractivity contribution in [3.8, 4) is 0 Å². The highest BCUT2D eigenvalue weighted by molar-refractivity contribution is 5.68. The van der Waals surface area contributed by atoms with Gasteiger partial charge in [-0.25, -0.2) is 0 Å². The molecule has 1 heterocycles. The maximum atomic E-state index is 10.6. The van der Waals surface area contributed by atoms with Crippen LogP contribution in [0.3, 0.4) is 0 Å². The average Bonchev–Trinajstić information content (AvgIpc) is 2.61. The van der Waals surface area contributed by atoms with Gasteiger partial charge in [0.2, 0.25) is 0 Å². The van der Waals surface area contributed by atoms with Crippen LogP contribution in [0.25, 0.3) is 0 Å². The molecule has 13 heavy (non-hydrogen) atoms. The van der Waals surface area contributed by atoms with Crippen LogP contribution in [0, 0.1) is 5.41 Å². The highest BCUT2D eigenvalue weighted by Gasteiger charge is 2.44. The third-order valence-electron chi connectivity index (χ3n) is 2.61. The maximum absolute atomic E-state index is 10.6. The molecule has 0 radical (unpaired) electrons. The van der Waals surface area contributed by atoms with Crippen molar-refractivity contribution in [2.75, 3.05) is 0 Å². The molecule has 2 rings (SSSR count). The van der Waals surface area contributed by atoms with Crippen LogP contribution in [0.2, 0.25) is 0 Å². The lowest BCUT2D eigenvalue weighted by Gasteiger charge is -2.09. The summed E-state index contributed by atoms with van der Waals surface area (Å²) >= 11 is 0. The van der Waals surface area contributed by atoms with Crippen molar-refractivity contribution in [3.05, 3.63) is 24.2 Å². The summed E-state index contributed by atoms with van der Waals surface area (Å²) in [6.45, 7) is 0. The van der Waals surface area contributed by atoms with Crippen LogP contribution in [0.1, 0.15) is 25.0 Å². The van der Waals surface area contributed by atoms with E-state index in [2.05, 4.69) is 0 Å². The number of hydrogen-bond acceptors (Lipinski definition) is 2. The lowest BCUT2D eigenvalue weighted by Crippen LogP contribution is -2.10. The second kappa shape index (κ2) is 2.91. The molecular weight excluding hydrogens is 168 g/mol. The summed E-state index contributed by atoms with van der Waals surface area (Å²) in [6, 6.07) is 3.74. The van der Waals surface area contributed by atoms with E-state index in [1.54, 1.807) is 6.26 Å². The van der Waals surface area contributed by atoms with Crippen LogP contribution in [-0.2, 0) is 11.2 Å². The molecule has 1 fully saturated rings. The normalized spacial score (nSPS) is 18.5. The van der Waals surface area contributed by atoms with E-state index in [1.807, 2.05) is 12.1 Å². The Morgan fingerprint density at radius 2 is 2.38 bits per heavy atom. The summed E-state index contributed by atoms with van der Waals surface area (Å²) in [7, 11) is 0. The van der Waals surface area contributed by atoms with Crippen LogP contribution in [0.4, 0.5) is 0 Å². The highest BCUT2D eigenvalue weighted by atomic mass is 16.4. The third kappa shape index (κ3) is 1.91. The molecule has 1 saturated carbocycles. The summed E-state index contributed by atoms with van der Waals surface area (Å²) in [5.74, 6) is 0.197. The molecule has 0 bridgehead atoms. The van der Waals surface area contributed by atoms with Gasteiger partial charge in [-0.05, 0) is 30.4 Å². The molecule has 0 aromatic carbocycles. The Balaban J connectivity index is 1.98. The van der Waals surface area contributed by atoms with Crippen LogP contribution >= 0.6 is 0 Å². The minimum Gasteiger partial charge on any atom is -0.481 e. The maximum Gasteiger partial charge on any atom is 0.303 e. The first kappa shape index (κ1) is 8.35. The number of carbonyl (C=O) groups is 1. The van der Waals surface area contributed by atoms with Gasteiger partial charge in [-0.3, -0.25) is 4.79 Å². The minimum absolute atomic E-state index is 0.00366. The largest absolute Gasteiger partial charge is 0.481 e. The molecule has 0 amide bonds. The predicted octanol–water partition coefficient (Wildman–Crippen LogP) is 2.08. The van der Waals surface area contributed by atoms with Gasteiger partial charge in [0, 0.05) is 6.42 Å². The van der Waals surface area contributed by atoms with E-state index in [4.69, 9.17) is 9.52 Å². The lowest BCUT2D eigenvalue weighted by atomic mass is 9.97. The zero-order valence-electron chi connectivity index (χ0n) is 7.32. The van der Waals surface area contributed by atoms with Gasteiger partial charge in [0.1, 0.15) is 5.76 Å². The van der Waals surface area contributed by atoms with Crippen molar-refractivity contribution >= 4 is 5.97 Å². The quantitative estimate of drug-likeness (QED) is 0.771. The van der Waals surface area contributed by atoms with E-state index in [1.165, 1.54) is 0 Å². The molecule has 1 N–H and O–H groups in total. The minimum atomic E-state index is -0.705. The van der Waals surface area contributed by atoms with E-state index in [0.29, 0.717) is 0 Å². The first-order valence-corrected chi connectivity index (χ1v) is 4.44. The van der Waals surface area contributed by atoms with E-state index in [-0.39, 0.29) is 11.8 Å². The van der Waals surface area contributed by atoms with Gasteiger partial charge >= 0.3 is 5.97 Å². The Labute approximate surface area is 76.4 Å². The number of rotatable bonds is 4. The summed E-state index contributed by atoms with van der Waals surface area (Å²) in [5, 5.41) is 8.69. The van der Waals surface area contributed by atoms with E-state index in [0.717, 1.165) is 25.0 Å². The van der Waals surface area contributed by atoms with Crippen LogP contribution < -0.4 is 0 Å². The van der Waals surface area contributed by atoms with Gasteiger partial charge in [-0.15, -0.1) is 0 Å². The summed E-state index contributed by atoms with van der Waals surface area (Å²) in [4.78, 5) is 10.6. The summed E-state index contributed by atoms with van der Waals surface area (Å²) in [6.07, 6.45) is 4.70. The molecule has 3 nitrogen and oxygen atoms in total. The Bertz CT molecular complexity index is 296. The number of furan rings is 1. The van der Waals surface area contributed by atoms with Gasteiger partial charge in [0.05, 0.1) is 12.7 Å². The Morgan fingerprint density at radius 1 is 1.62 bits per heavy atom. The molecule has 1 aromatic rings. The molecule has 0 atom stereocenters. The van der Waals surface area contributed by atoms with Crippen molar-refractivity contribution in [2.45, 2.75) is 25.7 Å². The van der Waals surface area contributed by atoms with Gasteiger partial charge in [-0.1, -0.05) is 0 Å². The van der Waals surface area contributed by atoms with Crippen LogP contribution in [-0.4, -0.2) is 11.1 Å². The SMILES string of the molecule is O=C(O)CC1(Cc2ccco2)CC1. The Hall–Kier alpha value is -1.25. The average molecular weight is 180 g/mol. The smallest absolute Gasteiger partial charge is 0.303 e. The van der Waals surface area contributed by atoms with Gasteiger partial charge in [0.15, 0.2) is 0 Å². The number of carboxylic acids is 1. The molecular formula is C10H12O3. The Kier molecular flexibility index (Phi) is 1.87. The van der Waals surface area contributed by atoms with Gasteiger partial charge < -0.3 is 9.52 Å². The third-order valence-corrected chi connectivity index (χ3v) is 2.61. The van der Waals surface area contributed by atoms with Crippen molar-refractivity contribution in [3.63, 3.8) is 0 Å². The van der Waals surface area contributed by atoms with Gasteiger partial charge in [-0.2, -0.15) is 0 Å². The van der Waals surface area contributed by atoms with Crippen LogP contribution in [0.15, 0.2) is 22.8 Å². The molecule has 0 unspecified atom stereocenters. The molecule has 3 heteroatoms. The standard InChI is InChI=1S/C10H12O3/c11-9(12)7-10(3-4-10)6-8-2-1-5-13-8/h1-2,5H,3-4,6-7H2,(H,11,12). The number of aliphatic carboxylic acids is 1. The Morgan fingerprint density at radius 3 is 2.85 bits per heavy atom. The van der Waals surface area contributed by atoms with Crippen LogP contribution in [0.5, 0.6) is 0 Å². The van der Waals surface area contributed by atoms with Crippen molar-refractivity contribution in [2.24, 2.45) is 5.41 Å². The van der Waals surface area contributed by atoms with Crippen molar-refractivity contribution in [1.82, 2.24) is 0 Å². The molecule has 0 spiro atoms. The first-order chi connectivity index (χ1) is 6.20. The van der Waals surface area contributed by atoms with Crippen molar-refractivity contribution < 1.29 is 14.3 Å². The van der Waals surface area contributed by atoms with E-state index >= 15 is 0 Å². The second-order valence-corrected chi connectivity index (χ2v) is 3.83. The lowest BCUT2D eigenvalue weighted by molar-refractivity contribution is -0.138. The molecule has 1 aliphatic rings. The fourth-order valence-corrected chi connectivity index (χ4v) is 1.70. The van der Waals surface area contributed by atoms with E-state index in [9.17, 15) is 4.79 Å². The monoisotopic (exact) mass is 180 g/mol. The topological polar surface area (TPSA) is 50.4 Å². The number of hydrogen-bond donors (Lipinski definition) is 1. The fourth-order valence-electron chi connectivity index (χ4n) is 1.70. The zero-order valence-corrected chi connectivity index (χ0v) is 7.32. The zero-order chi connectivity index (χ0) is 9.31. The fraction of sp³-hybridized carbons (Fsp3) is 0.500. The highest BCUT2D eigenvalue weighted by Crippen LogP contribution is 2.51. The first-order valence-electron chi connectivity index (χ1n) is 4.44. The molecule has 0 saturated heterocycles. The predicted molar refractivity (Wildman–Crippen MR) is 46.3 cm³/mol. The molecule has 1 aliphatic carbocycles. The summed E-state index contributed by atoms with van der Waals surface area (Å²) in [5.41, 5.74) is 0.00366. The molecule has 1 aromatic heterocycles. The molecule has 70 valence electrons. The van der Waals surface area contributed by atoms with Crippen molar-refractivity contribution in [1.29, 1.82) is 0 Å². The van der Waals surface area contributed by atoms with E-state index < -0.39 is 5.97 Å². The van der Waals surface area contributed by atoms with Gasteiger partial charge in [0.25, 0.3) is 0 Å². The number of carboxylic acid groups (broad SMARTS) is 1.